The second-order valence-electron chi connectivity index (χ2n) is 10.9. The molecule has 2 aliphatic carbocycles. The molecule has 41 heavy (non-hydrogen) atoms. The molecule has 0 aromatic heterocycles. The third kappa shape index (κ3) is 6.31. The summed E-state index contributed by atoms with van der Waals surface area (Å²) in [6.07, 6.45) is 3.02. The van der Waals surface area contributed by atoms with Crippen LogP contribution in [0.25, 0.3) is 0 Å². The number of rotatable bonds is 8. The first kappa shape index (κ1) is 27.1. The number of carbonyl (C=O) groups is 3. The van der Waals surface area contributed by atoms with Crippen molar-refractivity contribution in [1.29, 1.82) is 0 Å². The monoisotopic (exact) mass is 556 g/mol. The Bertz CT molecular complexity index is 1500. The molecule has 2 fully saturated rings. The second-order valence-corrected chi connectivity index (χ2v) is 10.9. The zero-order chi connectivity index (χ0) is 28.3. The maximum atomic E-state index is 14.3. The molecule has 212 valence electrons. The van der Waals surface area contributed by atoms with Gasteiger partial charge in [-0.15, -0.1) is 0 Å². The molecule has 3 aliphatic rings. The van der Waals surface area contributed by atoms with Crippen LogP contribution in [-0.4, -0.2) is 61.9 Å². The van der Waals surface area contributed by atoms with Crippen LogP contribution in [0, 0.1) is 11.7 Å². The van der Waals surface area contributed by atoms with Crippen molar-refractivity contribution in [2.75, 3.05) is 50.0 Å². The van der Waals surface area contributed by atoms with E-state index in [1.165, 1.54) is 6.07 Å². The van der Waals surface area contributed by atoms with Gasteiger partial charge in [0.25, 0.3) is 5.91 Å². The summed E-state index contributed by atoms with van der Waals surface area (Å²) in [4.78, 5) is 40.8. The summed E-state index contributed by atoms with van der Waals surface area (Å²) in [6, 6.07) is 15.4. The highest BCUT2D eigenvalue weighted by molar-refractivity contribution is 6.12. The van der Waals surface area contributed by atoms with Crippen molar-refractivity contribution in [3.05, 3.63) is 88.2 Å². The zero-order valence-electron chi connectivity index (χ0n) is 22.8. The number of hydrogen-bond donors (Lipinski definition) is 3. The summed E-state index contributed by atoms with van der Waals surface area (Å²) in [5.41, 5.74) is 4.99. The molecular formula is C32H33FN4O4. The molecule has 1 heterocycles. The summed E-state index contributed by atoms with van der Waals surface area (Å²) in [7, 11) is 0. The molecule has 0 bridgehead atoms. The number of carbonyl (C=O) groups excluding carboxylic acids is 3. The Morgan fingerprint density at radius 3 is 2.46 bits per heavy atom. The van der Waals surface area contributed by atoms with Crippen molar-refractivity contribution in [2.45, 2.75) is 25.7 Å². The minimum absolute atomic E-state index is 0.0249. The minimum Gasteiger partial charge on any atom is -0.379 e. The van der Waals surface area contributed by atoms with Crippen LogP contribution in [-0.2, 0) is 22.4 Å². The highest BCUT2D eigenvalue weighted by atomic mass is 19.1. The van der Waals surface area contributed by atoms with Crippen LogP contribution in [0.5, 0.6) is 0 Å². The number of anilines is 3. The number of aryl methyl sites for hydroxylation is 2. The Morgan fingerprint density at radius 2 is 1.66 bits per heavy atom. The van der Waals surface area contributed by atoms with Crippen LogP contribution in [0.15, 0.2) is 54.6 Å². The standard InChI is InChI=1S/C32H33FN4O4/c33-28-10-8-25(19-29(28)36-32(40)21-3-4-21)35-24-7-9-26-22(17-24)5-1-20-2-6-23(18-27(20)30(26)38)31(39)34-11-12-37-13-15-41-16-14-37/h2,6-10,17-19,21,35H,1,3-5,11-16H2,(H,34,39)(H,36,40). The Kier molecular flexibility index (Phi) is 7.80. The van der Waals surface area contributed by atoms with Crippen LogP contribution >= 0.6 is 0 Å². The van der Waals surface area contributed by atoms with E-state index >= 15 is 0 Å². The van der Waals surface area contributed by atoms with Gasteiger partial charge in [0.15, 0.2) is 5.78 Å². The fourth-order valence-electron chi connectivity index (χ4n) is 5.36. The highest BCUT2D eigenvalue weighted by Gasteiger charge is 2.30. The van der Waals surface area contributed by atoms with E-state index in [9.17, 15) is 18.8 Å². The average Bonchev–Trinajstić information content (AvgIpc) is 3.84. The maximum Gasteiger partial charge on any atom is 0.251 e. The normalized spacial score (nSPS) is 16.8. The van der Waals surface area contributed by atoms with E-state index in [1.54, 1.807) is 30.3 Å². The SMILES string of the molecule is O=C(NCCN1CCOCC1)c1ccc2c(c1)C(=O)c1ccc(Nc3ccc(F)c(NC(=O)C4CC4)c3)cc1CC2. The molecule has 9 heteroatoms. The first-order valence-corrected chi connectivity index (χ1v) is 14.2. The van der Waals surface area contributed by atoms with Gasteiger partial charge in [-0.25, -0.2) is 4.39 Å². The van der Waals surface area contributed by atoms with Gasteiger partial charge in [0.1, 0.15) is 5.82 Å². The summed E-state index contributed by atoms with van der Waals surface area (Å²) in [5.74, 6) is -0.959. The van der Waals surface area contributed by atoms with Crippen LogP contribution in [0.1, 0.15) is 50.2 Å². The quantitative estimate of drug-likeness (QED) is 0.383. The lowest BCUT2D eigenvalue weighted by atomic mass is 9.96. The molecule has 3 N–H and O–H groups in total. The lowest BCUT2D eigenvalue weighted by Crippen LogP contribution is -2.41. The van der Waals surface area contributed by atoms with Gasteiger partial charge in [-0.05, 0) is 85.3 Å². The first-order chi connectivity index (χ1) is 19.9. The van der Waals surface area contributed by atoms with E-state index in [2.05, 4.69) is 20.9 Å². The number of nitrogens with one attached hydrogen (secondary N) is 3. The molecule has 3 aromatic rings. The van der Waals surface area contributed by atoms with E-state index in [4.69, 9.17) is 4.74 Å². The summed E-state index contributed by atoms with van der Waals surface area (Å²) in [6.45, 7) is 4.45. The Hall–Kier alpha value is -4.08. The summed E-state index contributed by atoms with van der Waals surface area (Å²) in [5, 5.41) is 8.92. The number of amides is 2. The molecule has 1 aliphatic heterocycles. The van der Waals surface area contributed by atoms with E-state index < -0.39 is 5.82 Å². The summed E-state index contributed by atoms with van der Waals surface area (Å²) >= 11 is 0. The molecule has 0 spiro atoms. The van der Waals surface area contributed by atoms with E-state index in [1.807, 2.05) is 18.2 Å². The smallest absolute Gasteiger partial charge is 0.251 e. The van der Waals surface area contributed by atoms with Crippen molar-refractivity contribution in [1.82, 2.24) is 10.2 Å². The van der Waals surface area contributed by atoms with Gasteiger partial charge < -0.3 is 20.7 Å². The van der Waals surface area contributed by atoms with Crippen LogP contribution < -0.4 is 16.0 Å². The predicted molar refractivity (Wildman–Crippen MR) is 154 cm³/mol. The van der Waals surface area contributed by atoms with Crippen molar-refractivity contribution in [2.24, 2.45) is 5.92 Å². The van der Waals surface area contributed by atoms with Gasteiger partial charge in [-0.2, -0.15) is 0 Å². The van der Waals surface area contributed by atoms with Gasteiger partial charge in [0.05, 0.1) is 18.9 Å². The largest absolute Gasteiger partial charge is 0.379 e. The van der Waals surface area contributed by atoms with Gasteiger partial charge in [-0.1, -0.05) is 6.07 Å². The van der Waals surface area contributed by atoms with Crippen molar-refractivity contribution >= 4 is 34.7 Å². The minimum atomic E-state index is -0.486. The second kappa shape index (κ2) is 11.8. The Morgan fingerprint density at radius 1 is 0.902 bits per heavy atom. The number of fused-ring (bicyclic) bond motifs is 2. The molecule has 0 radical (unpaired) electrons. The number of ether oxygens (including phenoxy) is 1. The molecule has 2 amide bonds. The van der Waals surface area contributed by atoms with Crippen LogP contribution in [0.2, 0.25) is 0 Å². The molecule has 0 atom stereocenters. The van der Waals surface area contributed by atoms with Gasteiger partial charge >= 0.3 is 0 Å². The lowest BCUT2D eigenvalue weighted by Gasteiger charge is -2.26. The van der Waals surface area contributed by atoms with E-state index in [0.717, 1.165) is 49.3 Å². The predicted octanol–water partition coefficient (Wildman–Crippen LogP) is 4.31. The fraction of sp³-hybridized carbons (Fsp3) is 0.344. The van der Waals surface area contributed by atoms with Crippen molar-refractivity contribution in [3.63, 3.8) is 0 Å². The number of nitrogens with zero attached hydrogens (tertiary/aromatic N) is 1. The zero-order valence-corrected chi connectivity index (χ0v) is 22.8. The maximum absolute atomic E-state index is 14.3. The average molecular weight is 557 g/mol. The molecule has 1 saturated carbocycles. The molecule has 0 unspecified atom stereocenters. The number of benzene rings is 3. The summed E-state index contributed by atoms with van der Waals surface area (Å²) < 4.78 is 19.7. The molecule has 1 saturated heterocycles. The van der Waals surface area contributed by atoms with Gasteiger partial charge in [-0.3, -0.25) is 19.3 Å². The molecule has 6 rings (SSSR count). The number of halogens is 1. The third-order valence-electron chi connectivity index (χ3n) is 7.91. The highest BCUT2D eigenvalue weighted by Crippen LogP contribution is 2.32. The van der Waals surface area contributed by atoms with E-state index in [-0.39, 0.29) is 29.2 Å². The van der Waals surface area contributed by atoms with Gasteiger partial charge in [0, 0.05) is 60.2 Å². The third-order valence-corrected chi connectivity index (χ3v) is 7.91. The molecular weight excluding hydrogens is 523 g/mol. The van der Waals surface area contributed by atoms with Gasteiger partial charge in [0.2, 0.25) is 5.91 Å². The van der Waals surface area contributed by atoms with E-state index in [0.29, 0.717) is 55.0 Å². The Labute approximate surface area is 238 Å². The Balaban J connectivity index is 1.14. The van der Waals surface area contributed by atoms with Crippen molar-refractivity contribution < 1.29 is 23.5 Å². The lowest BCUT2D eigenvalue weighted by molar-refractivity contribution is -0.117. The van der Waals surface area contributed by atoms with Crippen molar-refractivity contribution in [3.8, 4) is 0 Å². The fourth-order valence-corrected chi connectivity index (χ4v) is 5.36. The molecule has 3 aromatic carbocycles. The number of ketones is 1. The number of hydrogen-bond acceptors (Lipinski definition) is 6. The number of morpholine rings is 1. The topological polar surface area (TPSA) is 99.8 Å². The first-order valence-electron chi connectivity index (χ1n) is 14.2. The van der Waals surface area contributed by atoms with Crippen LogP contribution in [0.4, 0.5) is 21.5 Å². The van der Waals surface area contributed by atoms with Crippen LogP contribution in [0.3, 0.4) is 0 Å². The molecule has 8 nitrogen and oxygen atoms in total.